The van der Waals surface area contributed by atoms with Gasteiger partial charge in [0, 0.05) is 16.8 Å². The minimum atomic E-state index is -0.474. The number of ether oxygens (including phenoxy) is 2. The number of hydrogen-bond acceptors (Lipinski definition) is 7. The number of anilines is 1. The quantitative estimate of drug-likeness (QED) is 0.138. The average molecular weight is 542 g/mol. The first-order valence-electron chi connectivity index (χ1n) is 12.6. The Kier molecular flexibility index (Phi) is 7.98. The number of nitrogens with one attached hydrogen (secondary N) is 1. The number of aryl methyl sites for hydroxylation is 1. The van der Waals surface area contributed by atoms with Gasteiger partial charge in [-0.25, -0.2) is 4.99 Å². The lowest BCUT2D eigenvalue weighted by molar-refractivity contribution is -0.385. The Morgan fingerprint density at radius 2 is 1.77 bits per heavy atom. The molecule has 1 aliphatic rings. The molecule has 39 heavy (non-hydrogen) atoms. The summed E-state index contributed by atoms with van der Waals surface area (Å²) in [6.07, 6.45) is 5.19. The summed E-state index contributed by atoms with van der Waals surface area (Å²) in [5, 5.41) is 15.5. The maximum atomic E-state index is 13.4. The molecule has 1 heterocycles. The molecule has 0 unspecified atom stereocenters. The average Bonchev–Trinajstić information content (AvgIpc) is 3.34. The number of rotatable bonds is 9. The van der Waals surface area contributed by atoms with Gasteiger partial charge in [-0.1, -0.05) is 48.5 Å². The monoisotopic (exact) mass is 541 g/mol. The Labute approximate surface area is 230 Å². The number of methoxy groups -OCH3 is 1. The molecule has 4 aromatic rings. The number of nitro benzene ring substituents is 1. The van der Waals surface area contributed by atoms with Crippen LogP contribution in [0, 0.1) is 10.1 Å². The van der Waals surface area contributed by atoms with Crippen molar-refractivity contribution in [1.29, 1.82) is 0 Å². The van der Waals surface area contributed by atoms with Crippen LogP contribution in [-0.2, 0) is 19.4 Å². The van der Waals surface area contributed by atoms with Crippen LogP contribution in [0.25, 0.3) is 0 Å². The van der Waals surface area contributed by atoms with Crippen molar-refractivity contribution < 1.29 is 19.2 Å². The summed E-state index contributed by atoms with van der Waals surface area (Å²) in [5.74, 6) is 0.384. The molecule has 1 aliphatic carbocycles. The Balaban J connectivity index is 1.47. The highest BCUT2D eigenvalue weighted by atomic mass is 32.1. The van der Waals surface area contributed by atoms with Crippen LogP contribution in [-0.4, -0.2) is 24.2 Å². The van der Waals surface area contributed by atoms with E-state index in [9.17, 15) is 14.9 Å². The van der Waals surface area contributed by atoms with E-state index in [-0.39, 0.29) is 29.5 Å². The van der Waals surface area contributed by atoms with Crippen molar-refractivity contribution in [2.24, 2.45) is 4.99 Å². The summed E-state index contributed by atoms with van der Waals surface area (Å²) >= 11 is 1.47. The molecule has 3 aromatic carbocycles. The molecule has 0 bridgehead atoms. The highest BCUT2D eigenvalue weighted by molar-refractivity contribution is 7.16. The third kappa shape index (κ3) is 5.99. The van der Waals surface area contributed by atoms with Crippen molar-refractivity contribution in [3.8, 4) is 11.5 Å². The predicted octanol–water partition coefficient (Wildman–Crippen LogP) is 7.13. The van der Waals surface area contributed by atoms with E-state index < -0.39 is 4.92 Å². The zero-order valence-corrected chi connectivity index (χ0v) is 22.2. The second kappa shape index (κ2) is 11.9. The largest absolute Gasteiger partial charge is 0.493 e. The number of para-hydroxylation sites is 1. The first-order valence-corrected chi connectivity index (χ1v) is 13.4. The zero-order valence-electron chi connectivity index (χ0n) is 21.4. The number of thiophene rings is 1. The number of hydrogen-bond donors (Lipinski definition) is 1. The number of carbonyl (C=O) groups excluding carboxylic acids is 1. The van der Waals surface area contributed by atoms with Crippen molar-refractivity contribution in [3.05, 3.63) is 110 Å². The molecule has 0 radical (unpaired) electrons. The van der Waals surface area contributed by atoms with Crippen LogP contribution >= 0.6 is 11.3 Å². The lowest BCUT2D eigenvalue weighted by Crippen LogP contribution is -2.14. The topological polar surface area (TPSA) is 103 Å². The fourth-order valence-corrected chi connectivity index (χ4v) is 5.78. The number of benzene rings is 3. The molecular formula is C30H27N3O5S. The Hall–Kier alpha value is -4.50. The van der Waals surface area contributed by atoms with E-state index in [1.807, 2.05) is 60.7 Å². The molecule has 0 saturated carbocycles. The van der Waals surface area contributed by atoms with Gasteiger partial charge in [0.15, 0.2) is 11.5 Å². The third-order valence-electron chi connectivity index (χ3n) is 6.48. The van der Waals surface area contributed by atoms with E-state index in [4.69, 9.17) is 9.47 Å². The molecule has 198 valence electrons. The van der Waals surface area contributed by atoms with Gasteiger partial charge in [-0.2, -0.15) is 0 Å². The zero-order chi connectivity index (χ0) is 27.2. The number of carbonyl (C=O) groups is 1. The molecule has 0 fully saturated rings. The van der Waals surface area contributed by atoms with Gasteiger partial charge in [-0.15, -0.1) is 11.3 Å². The van der Waals surface area contributed by atoms with Crippen molar-refractivity contribution in [1.82, 2.24) is 0 Å². The van der Waals surface area contributed by atoms with E-state index in [1.54, 1.807) is 6.07 Å². The Morgan fingerprint density at radius 1 is 1.05 bits per heavy atom. The van der Waals surface area contributed by atoms with Gasteiger partial charge in [0.1, 0.15) is 11.6 Å². The fraction of sp³-hybridized carbons (Fsp3) is 0.200. The maximum Gasteiger partial charge on any atom is 0.282 e. The van der Waals surface area contributed by atoms with Crippen LogP contribution < -0.4 is 14.8 Å². The van der Waals surface area contributed by atoms with Crippen molar-refractivity contribution in [2.45, 2.75) is 32.3 Å². The van der Waals surface area contributed by atoms with Gasteiger partial charge >= 0.3 is 0 Å². The molecule has 1 amide bonds. The smallest absolute Gasteiger partial charge is 0.282 e. The molecule has 8 nitrogen and oxygen atoms in total. The third-order valence-corrected chi connectivity index (χ3v) is 7.68. The van der Waals surface area contributed by atoms with Gasteiger partial charge < -0.3 is 14.8 Å². The Morgan fingerprint density at radius 3 is 2.49 bits per heavy atom. The normalized spacial score (nSPS) is 12.6. The fourth-order valence-electron chi connectivity index (χ4n) is 4.55. The van der Waals surface area contributed by atoms with Gasteiger partial charge in [0.25, 0.3) is 11.6 Å². The first kappa shape index (κ1) is 26.1. The summed E-state index contributed by atoms with van der Waals surface area (Å²) in [6, 6.07) is 21.7. The van der Waals surface area contributed by atoms with Crippen LogP contribution in [0.4, 0.5) is 16.4 Å². The van der Waals surface area contributed by atoms with Gasteiger partial charge in [0.05, 0.1) is 29.2 Å². The highest BCUT2D eigenvalue weighted by Crippen LogP contribution is 2.41. The van der Waals surface area contributed by atoms with Crippen LogP contribution in [0.15, 0.2) is 77.8 Å². The van der Waals surface area contributed by atoms with Crippen molar-refractivity contribution in [3.63, 3.8) is 0 Å². The van der Waals surface area contributed by atoms with E-state index in [0.717, 1.165) is 41.7 Å². The van der Waals surface area contributed by atoms with E-state index in [0.29, 0.717) is 22.0 Å². The van der Waals surface area contributed by atoms with Crippen molar-refractivity contribution >= 4 is 39.8 Å². The number of amides is 1. The summed E-state index contributed by atoms with van der Waals surface area (Å²) < 4.78 is 11.3. The van der Waals surface area contributed by atoms with Crippen LogP contribution in [0.5, 0.6) is 11.5 Å². The summed E-state index contributed by atoms with van der Waals surface area (Å²) in [4.78, 5) is 30.6. The minimum Gasteiger partial charge on any atom is -0.493 e. The predicted molar refractivity (Wildman–Crippen MR) is 153 cm³/mol. The maximum absolute atomic E-state index is 13.4. The molecule has 1 N–H and O–H groups in total. The van der Waals surface area contributed by atoms with Crippen LogP contribution in [0.3, 0.4) is 0 Å². The lowest BCUT2D eigenvalue weighted by Gasteiger charge is -2.13. The summed E-state index contributed by atoms with van der Waals surface area (Å²) in [5.41, 5.74) is 3.26. The molecule has 0 spiro atoms. The standard InChI is InChI=1S/C30H27N3O5S/c1-37-25-16-21(24(33(35)36)17-26(25)38-19-20-10-4-2-5-11-20)18-31-30-28(23-14-8-9-15-27(23)39-30)29(34)32-22-12-6-3-7-13-22/h2-7,10-13,16-18H,8-9,14-15,19H2,1H3,(H,32,34). The van der Waals surface area contributed by atoms with E-state index in [1.165, 1.54) is 30.7 Å². The highest BCUT2D eigenvalue weighted by Gasteiger charge is 2.26. The van der Waals surface area contributed by atoms with Gasteiger partial charge in [0.2, 0.25) is 0 Å². The Bertz CT molecular complexity index is 1520. The van der Waals surface area contributed by atoms with Crippen LogP contribution in [0.2, 0.25) is 0 Å². The number of nitro groups is 1. The van der Waals surface area contributed by atoms with E-state index in [2.05, 4.69) is 10.3 Å². The van der Waals surface area contributed by atoms with Gasteiger partial charge in [-0.05, 0) is 55.0 Å². The van der Waals surface area contributed by atoms with Crippen molar-refractivity contribution in [2.75, 3.05) is 12.4 Å². The second-order valence-electron chi connectivity index (χ2n) is 9.06. The molecule has 5 rings (SSSR count). The minimum absolute atomic E-state index is 0.167. The summed E-state index contributed by atoms with van der Waals surface area (Å²) in [7, 11) is 1.48. The SMILES string of the molecule is COc1cc(C=Nc2sc3c(c2C(=O)Nc2ccccc2)CCCC3)c([N+](=O)[O-])cc1OCc1ccccc1. The molecule has 0 saturated heterocycles. The lowest BCUT2D eigenvalue weighted by atomic mass is 9.95. The number of fused-ring (bicyclic) bond motifs is 1. The van der Waals surface area contributed by atoms with Gasteiger partial charge in [-0.3, -0.25) is 14.9 Å². The molecular weight excluding hydrogens is 514 g/mol. The van der Waals surface area contributed by atoms with Crippen LogP contribution in [0.1, 0.15) is 44.8 Å². The molecule has 0 atom stereocenters. The number of aliphatic imine (C=N–C) groups is 1. The van der Waals surface area contributed by atoms with E-state index >= 15 is 0 Å². The molecule has 0 aliphatic heterocycles. The first-order chi connectivity index (χ1) is 19.0. The molecule has 1 aromatic heterocycles. The summed E-state index contributed by atoms with van der Waals surface area (Å²) in [6.45, 7) is 0.239. The molecule has 9 heteroatoms. The second-order valence-corrected chi connectivity index (χ2v) is 10.1. The number of nitrogens with zero attached hydrogens (tertiary/aromatic N) is 2.